The summed E-state index contributed by atoms with van der Waals surface area (Å²) in [7, 11) is 0. The molecule has 0 fully saturated rings. The summed E-state index contributed by atoms with van der Waals surface area (Å²) in [4.78, 5) is 8.13. The Labute approximate surface area is 155 Å². The van der Waals surface area contributed by atoms with Crippen LogP contribution in [0.3, 0.4) is 0 Å². The molecule has 134 valence electrons. The molecule has 4 N–H and O–H groups in total. The molecule has 0 radical (unpaired) electrons. The molecule has 0 saturated heterocycles. The maximum Gasteiger partial charge on any atom is 0.186 e. The number of nitrogens with two attached hydrogens (primary N) is 2. The maximum absolute atomic E-state index is 13.4. The van der Waals surface area contributed by atoms with Crippen LogP contribution in [0.15, 0.2) is 72.1 Å². The molecule has 4 rings (SSSR count). The average Bonchev–Trinajstić information content (AvgIpc) is 3.06. The second-order valence-corrected chi connectivity index (χ2v) is 6.07. The number of aromatic nitrogens is 3. The number of fused-ring (bicyclic) bond motifs is 1. The van der Waals surface area contributed by atoms with Gasteiger partial charge in [-0.1, -0.05) is 6.07 Å². The van der Waals surface area contributed by atoms with Crippen molar-refractivity contribution in [2.45, 2.75) is 6.54 Å². The molecule has 0 aliphatic heterocycles. The quantitative estimate of drug-likeness (QED) is 0.432. The molecule has 1 aromatic carbocycles. The number of benzene rings is 1. The van der Waals surface area contributed by atoms with Gasteiger partial charge in [0, 0.05) is 29.7 Å². The first-order valence-corrected chi connectivity index (χ1v) is 8.35. The summed E-state index contributed by atoms with van der Waals surface area (Å²) in [5, 5.41) is 4.74. The summed E-state index contributed by atoms with van der Waals surface area (Å²) >= 11 is 0. The van der Waals surface area contributed by atoms with Crippen LogP contribution in [-0.2, 0) is 6.54 Å². The molecule has 4 aromatic rings. The molecule has 3 heterocycles. The van der Waals surface area contributed by atoms with Crippen molar-refractivity contribution >= 4 is 11.5 Å². The molecule has 3 aromatic heterocycles. The number of pyridine rings is 2. The zero-order chi connectivity index (χ0) is 18.8. The highest BCUT2D eigenvalue weighted by molar-refractivity contribution is 5.92. The molecule has 0 unspecified atom stereocenters. The number of hydrogen-bond acceptors (Lipinski definition) is 3. The van der Waals surface area contributed by atoms with Crippen LogP contribution in [0.4, 0.5) is 4.39 Å². The highest BCUT2D eigenvalue weighted by Gasteiger charge is 2.16. The van der Waals surface area contributed by atoms with Gasteiger partial charge in [0.1, 0.15) is 11.5 Å². The van der Waals surface area contributed by atoms with Crippen LogP contribution in [0.1, 0.15) is 5.56 Å². The van der Waals surface area contributed by atoms with Crippen LogP contribution in [0.5, 0.6) is 0 Å². The Hall–Kier alpha value is -3.74. The van der Waals surface area contributed by atoms with Gasteiger partial charge in [0.25, 0.3) is 0 Å². The van der Waals surface area contributed by atoms with Gasteiger partial charge in [0.2, 0.25) is 0 Å². The number of guanidine groups is 1. The summed E-state index contributed by atoms with van der Waals surface area (Å²) in [6.07, 6.45) is 5.36. The number of rotatable bonds is 4. The molecule has 7 heteroatoms. The van der Waals surface area contributed by atoms with E-state index in [1.807, 2.05) is 30.5 Å². The Morgan fingerprint density at radius 3 is 2.41 bits per heavy atom. The first-order chi connectivity index (χ1) is 13.1. The largest absolute Gasteiger partial charge is 0.370 e. The van der Waals surface area contributed by atoms with E-state index in [9.17, 15) is 4.39 Å². The van der Waals surface area contributed by atoms with Crippen LogP contribution in [0, 0.1) is 5.82 Å². The van der Waals surface area contributed by atoms with Crippen LogP contribution in [-0.4, -0.2) is 20.6 Å². The Balaban J connectivity index is 1.92. The van der Waals surface area contributed by atoms with Crippen molar-refractivity contribution in [3.63, 3.8) is 0 Å². The van der Waals surface area contributed by atoms with Crippen LogP contribution in [0.25, 0.3) is 27.9 Å². The number of halogens is 1. The number of hydrogen-bond donors (Lipinski definition) is 2. The van der Waals surface area contributed by atoms with Gasteiger partial charge in [-0.05, 0) is 53.6 Å². The van der Waals surface area contributed by atoms with E-state index < -0.39 is 0 Å². The molecule has 0 saturated carbocycles. The zero-order valence-electron chi connectivity index (χ0n) is 14.4. The van der Waals surface area contributed by atoms with Gasteiger partial charge >= 0.3 is 0 Å². The van der Waals surface area contributed by atoms with Crippen molar-refractivity contribution in [2.75, 3.05) is 0 Å². The van der Waals surface area contributed by atoms with Gasteiger partial charge in [0.05, 0.1) is 12.1 Å². The molecular formula is C20H17FN6. The first-order valence-electron chi connectivity index (χ1n) is 8.35. The third-order valence-electron chi connectivity index (χ3n) is 4.22. The maximum atomic E-state index is 13.4. The summed E-state index contributed by atoms with van der Waals surface area (Å²) in [5.74, 6) is -0.243. The SMILES string of the molecule is NC(N)=NCc1ccc2c(-c3ccncc3)c(-c3ccc(F)cc3)nn2c1. The van der Waals surface area contributed by atoms with Crippen LogP contribution >= 0.6 is 0 Å². The number of aliphatic imine (C=N–C) groups is 1. The van der Waals surface area contributed by atoms with E-state index in [1.165, 1.54) is 12.1 Å². The molecular weight excluding hydrogens is 343 g/mol. The normalized spacial score (nSPS) is 10.9. The van der Waals surface area contributed by atoms with Gasteiger partial charge in [-0.3, -0.25) is 4.98 Å². The van der Waals surface area contributed by atoms with E-state index in [0.717, 1.165) is 33.5 Å². The lowest BCUT2D eigenvalue weighted by Crippen LogP contribution is -2.22. The van der Waals surface area contributed by atoms with Gasteiger partial charge in [-0.25, -0.2) is 13.9 Å². The minimum atomic E-state index is -0.285. The third-order valence-corrected chi connectivity index (χ3v) is 4.22. The topological polar surface area (TPSA) is 94.6 Å². The fourth-order valence-electron chi connectivity index (χ4n) is 2.98. The summed E-state index contributed by atoms with van der Waals surface area (Å²) in [6, 6.07) is 14.1. The monoisotopic (exact) mass is 360 g/mol. The number of nitrogens with zero attached hydrogens (tertiary/aromatic N) is 4. The van der Waals surface area contributed by atoms with Crippen molar-refractivity contribution in [1.29, 1.82) is 0 Å². The Morgan fingerprint density at radius 2 is 1.70 bits per heavy atom. The van der Waals surface area contributed by atoms with Crippen molar-refractivity contribution in [2.24, 2.45) is 16.5 Å². The minimum absolute atomic E-state index is 0.0417. The van der Waals surface area contributed by atoms with E-state index in [2.05, 4.69) is 9.98 Å². The van der Waals surface area contributed by atoms with Crippen LogP contribution < -0.4 is 11.5 Å². The van der Waals surface area contributed by atoms with Gasteiger partial charge < -0.3 is 11.5 Å². The zero-order valence-corrected chi connectivity index (χ0v) is 14.4. The molecule has 0 aliphatic carbocycles. The lowest BCUT2D eigenvalue weighted by Gasteiger charge is -2.04. The Kier molecular flexibility index (Phi) is 4.25. The second kappa shape index (κ2) is 6.87. The van der Waals surface area contributed by atoms with Crippen LogP contribution in [0.2, 0.25) is 0 Å². The highest BCUT2D eigenvalue weighted by atomic mass is 19.1. The summed E-state index contributed by atoms with van der Waals surface area (Å²) in [6.45, 7) is 0.370. The van der Waals surface area contributed by atoms with Crippen molar-refractivity contribution in [3.05, 3.63) is 78.5 Å². The van der Waals surface area contributed by atoms with Gasteiger partial charge in [-0.15, -0.1) is 0 Å². The fourth-order valence-corrected chi connectivity index (χ4v) is 2.98. The molecule has 0 amide bonds. The molecule has 6 nitrogen and oxygen atoms in total. The standard InChI is InChI=1S/C20H17FN6/c21-16-4-2-15(3-5-16)19-18(14-7-9-24-10-8-14)17-6-1-13(11-25-20(22)23)12-27(17)26-19/h1-10,12H,11H2,(H4,22,23,25). The first kappa shape index (κ1) is 16.7. The van der Waals surface area contributed by atoms with Crippen molar-refractivity contribution in [3.8, 4) is 22.4 Å². The molecule has 0 aliphatic rings. The Bertz CT molecular complexity index is 1110. The smallest absolute Gasteiger partial charge is 0.186 e. The van der Waals surface area contributed by atoms with E-state index in [4.69, 9.17) is 16.6 Å². The third kappa shape index (κ3) is 3.35. The second-order valence-electron chi connectivity index (χ2n) is 6.07. The van der Waals surface area contributed by atoms with E-state index in [-0.39, 0.29) is 11.8 Å². The summed E-state index contributed by atoms with van der Waals surface area (Å²) in [5.41, 5.74) is 16.2. The molecule has 0 bridgehead atoms. The minimum Gasteiger partial charge on any atom is -0.370 e. The lowest BCUT2D eigenvalue weighted by atomic mass is 10.0. The molecule has 0 spiro atoms. The summed E-state index contributed by atoms with van der Waals surface area (Å²) < 4.78 is 15.2. The average molecular weight is 360 g/mol. The van der Waals surface area contributed by atoms with E-state index >= 15 is 0 Å². The Morgan fingerprint density at radius 1 is 0.963 bits per heavy atom. The molecule has 0 atom stereocenters. The fraction of sp³-hybridized carbons (Fsp3) is 0.0500. The molecule has 27 heavy (non-hydrogen) atoms. The van der Waals surface area contributed by atoms with Crippen molar-refractivity contribution < 1.29 is 4.39 Å². The predicted octanol–water partition coefficient (Wildman–Crippen LogP) is 2.98. The van der Waals surface area contributed by atoms with E-state index in [1.54, 1.807) is 29.0 Å². The highest BCUT2D eigenvalue weighted by Crippen LogP contribution is 2.35. The van der Waals surface area contributed by atoms with E-state index in [0.29, 0.717) is 6.54 Å². The lowest BCUT2D eigenvalue weighted by molar-refractivity contribution is 0.628. The van der Waals surface area contributed by atoms with Gasteiger partial charge in [-0.2, -0.15) is 5.10 Å². The predicted molar refractivity (Wildman–Crippen MR) is 103 cm³/mol. The van der Waals surface area contributed by atoms with Crippen molar-refractivity contribution in [1.82, 2.24) is 14.6 Å². The van der Waals surface area contributed by atoms with Gasteiger partial charge in [0.15, 0.2) is 5.96 Å².